The van der Waals surface area contributed by atoms with Gasteiger partial charge in [0.2, 0.25) is 0 Å². The summed E-state index contributed by atoms with van der Waals surface area (Å²) >= 11 is 1.82. The Labute approximate surface area is 113 Å². The molecule has 18 heavy (non-hydrogen) atoms. The van der Waals surface area contributed by atoms with Crippen LogP contribution in [0.5, 0.6) is 0 Å². The first kappa shape index (κ1) is 11.9. The van der Waals surface area contributed by atoms with E-state index >= 15 is 0 Å². The summed E-state index contributed by atoms with van der Waals surface area (Å²) in [6.07, 6.45) is 3.75. The molecule has 93 valence electrons. The molecule has 0 N–H and O–H groups in total. The van der Waals surface area contributed by atoms with Gasteiger partial charge in [0.1, 0.15) is 0 Å². The summed E-state index contributed by atoms with van der Waals surface area (Å²) in [5.74, 6) is 0. The molecule has 1 saturated heterocycles. The van der Waals surface area contributed by atoms with Gasteiger partial charge in [-0.2, -0.15) is 0 Å². The number of hydrogen-bond acceptors (Lipinski definition) is 2. The molecule has 1 aromatic heterocycles. The fourth-order valence-electron chi connectivity index (χ4n) is 2.52. The second-order valence-corrected chi connectivity index (χ2v) is 5.71. The molecule has 0 atom stereocenters. The summed E-state index contributed by atoms with van der Waals surface area (Å²) < 4.78 is 0. The van der Waals surface area contributed by atoms with Crippen LogP contribution in [0, 0.1) is 6.54 Å². The highest BCUT2D eigenvalue weighted by molar-refractivity contribution is 7.13. The van der Waals surface area contributed by atoms with E-state index < -0.39 is 0 Å². The van der Waals surface area contributed by atoms with Gasteiger partial charge in [-0.25, -0.2) is 0 Å². The van der Waals surface area contributed by atoms with Gasteiger partial charge in [-0.05, 0) is 54.9 Å². The summed E-state index contributed by atoms with van der Waals surface area (Å²) in [7, 11) is 0. The van der Waals surface area contributed by atoms with Crippen LogP contribution >= 0.6 is 11.3 Å². The van der Waals surface area contributed by atoms with Crippen LogP contribution in [0.25, 0.3) is 10.4 Å². The van der Waals surface area contributed by atoms with Crippen LogP contribution in [0.4, 0.5) is 0 Å². The van der Waals surface area contributed by atoms with Gasteiger partial charge >= 0.3 is 0 Å². The van der Waals surface area contributed by atoms with Crippen molar-refractivity contribution < 1.29 is 0 Å². The minimum absolute atomic E-state index is 1.05. The quantitative estimate of drug-likeness (QED) is 0.792. The van der Waals surface area contributed by atoms with Crippen LogP contribution < -0.4 is 0 Å². The third-order valence-electron chi connectivity index (χ3n) is 3.51. The molecule has 2 heterocycles. The van der Waals surface area contributed by atoms with Crippen LogP contribution in [0.2, 0.25) is 0 Å². The Hall–Kier alpha value is -1.12. The predicted octanol–water partition coefficient (Wildman–Crippen LogP) is 4.22. The third kappa shape index (κ3) is 2.65. The first-order valence-electron chi connectivity index (χ1n) is 6.62. The molecule has 1 aliphatic rings. The lowest BCUT2D eigenvalue weighted by atomic mass is 10.0. The highest BCUT2D eigenvalue weighted by Gasteiger charge is 2.12. The minimum atomic E-state index is 1.05. The fraction of sp³-hybridized carbons (Fsp3) is 0.312. The zero-order valence-corrected chi connectivity index (χ0v) is 11.3. The highest BCUT2D eigenvalue weighted by Crippen LogP contribution is 2.29. The topological polar surface area (TPSA) is 3.24 Å². The molecular weight excluding hydrogens is 238 g/mol. The van der Waals surface area contributed by atoms with Crippen molar-refractivity contribution in [3.63, 3.8) is 0 Å². The van der Waals surface area contributed by atoms with E-state index in [1.165, 1.54) is 41.9 Å². The van der Waals surface area contributed by atoms with Crippen molar-refractivity contribution in [2.45, 2.75) is 19.3 Å². The fourth-order valence-corrected chi connectivity index (χ4v) is 3.31. The lowest BCUT2D eigenvalue weighted by Gasteiger charge is -2.15. The second kappa shape index (κ2) is 5.68. The summed E-state index contributed by atoms with van der Waals surface area (Å²) in [6.45, 7) is 4.85. The molecule has 1 radical (unpaired) electrons. The second-order valence-electron chi connectivity index (χ2n) is 4.76. The maximum atomic E-state index is 2.46. The van der Waals surface area contributed by atoms with Gasteiger partial charge < -0.3 is 0 Å². The molecule has 0 saturated carbocycles. The van der Waals surface area contributed by atoms with Crippen molar-refractivity contribution in [3.05, 3.63) is 53.9 Å². The first-order chi connectivity index (χ1) is 8.93. The van der Waals surface area contributed by atoms with Gasteiger partial charge in [0.05, 0.1) is 0 Å². The molecule has 1 aliphatic heterocycles. The van der Waals surface area contributed by atoms with Crippen molar-refractivity contribution >= 4 is 11.3 Å². The highest BCUT2D eigenvalue weighted by atomic mass is 32.1. The predicted molar refractivity (Wildman–Crippen MR) is 78.6 cm³/mol. The summed E-state index contributed by atoms with van der Waals surface area (Å²) in [4.78, 5) is 3.84. The summed E-state index contributed by atoms with van der Waals surface area (Å²) in [5, 5.41) is 2.15. The van der Waals surface area contributed by atoms with E-state index in [9.17, 15) is 0 Å². The Kier molecular flexibility index (Phi) is 3.77. The van der Waals surface area contributed by atoms with Gasteiger partial charge in [0.25, 0.3) is 0 Å². The van der Waals surface area contributed by atoms with E-state index in [1.807, 2.05) is 11.3 Å². The zero-order chi connectivity index (χ0) is 12.2. The van der Waals surface area contributed by atoms with Gasteiger partial charge in [-0.1, -0.05) is 30.3 Å². The van der Waals surface area contributed by atoms with Gasteiger partial charge in [-0.15, -0.1) is 11.3 Å². The first-order valence-corrected chi connectivity index (χ1v) is 7.50. The van der Waals surface area contributed by atoms with Crippen LogP contribution in [-0.4, -0.2) is 18.0 Å². The lowest BCUT2D eigenvalue weighted by molar-refractivity contribution is 0.407. The zero-order valence-electron chi connectivity index (χ0n) is 10.5. The van der Waals surface area contributed by atoms with Crippen LogP contribution in [0.15, 0.2) is 41.8 Å². The van der Waals surface area contributed by atoms with Gasteiger partial charge in [0.15, 0.2) is 0 Å². The van der Waals surface area contributed by atoms with Crippen molar-refractivity contribution in [2.75, 3.05) is 13.1 Å². The van der Waals surface area contributed by atoms with E-state index in [1.54, 1.807) is 0 Å². The molecule has 1 aromatic carbocycles. The molecule has 3 rings (SSSR count). The summed E-state index contributed by atoms with van der Waals surface area (Å²) in [5.41, 5.74) is 2.83. The molecule has 0 amide bonds. The standard InChI is InChI=1S/C16H18NS/c1-2-7-15(16-8-5-13-18-16)14(6-1)9-12-17-10-3-4-11-17/h1-2,5-8,12-13H,3-4,9-11H2. The molecule has 0 aliphatic carbocycles. The Morgan fingerprint density at radius 1 is 1.06 bits per heavy atom. The summed E-state index contributed by atoms with van der Waals surface area (Å²) in [6, 6.07) is 13.1. The minimum Gasteiger partial charge on any atom is -0.298 e. The molecule has 0 unspecified atom stereocenters. The maximum Gasteiger partial charge on any atom is 0.0345 e. The number of benzene rings is 1. The normalized spacial score (nSPS) is 16.2. The number of likely N-dealkylation sites (tertiary alicyclic amines) is 1. The SMILES string of the molecule is [CH](Cc1ccccc1-c1cccs1)N1CCCC1. The molecule has 1 nitrogen and oxygen atoms in total. The molecule has 0 bridgehead atoms. The maximum absolute atomic E-state index is 2.46. The number of rotatable bonds is 4. The average molecular weight is 256 g/mol. The van der Waals surface area contributed by atoms with Crippen molar-refractivity contribution in [3.8, 4) is 10.4 Å². The van der Waals surface area contributed by atoms with E-state index in [4.69, 9.17) is 0 Å². The lowest BCUT2D eigenvalue weighted by Crippen LogP contribution is -2.16. The Balaban J connectivity index is 1.75. The van der Waals surface area contributed by atoms with Crippen LogP contribution in [0.1, 0.15) is 18.4 Å². The largest absolute Gasteiger partial charge is 0.298 e. The van der Waals surface area contributed by atoms with Crippen LogP contribution in [0.3, 0.4) is 0 Å². The van der Waals surface area contributed by atoms with Gasteiger partial charge in [0, 0.05) is 11.4 Å². The van der Waals surface area contributed by atoms with Gasteiger partial charge in [-0.3, -0.25) is 4.90 Å². The smallest absolute Gasteiger partial charge is 0.0345 e. The molecule has 1 fully saturated rings. The van der Waals surface area contributed by atoms with Crippen molar-refractivity contribution in [1.29, 1.82) is 0 Å². The number of hydrogen-bond donors (Lipinski definition) is 0. The van der Waals surface area contributed by atoms with E-state index in [0.29, 0.717) is 0 Å². The molecular formula is C16H18NS. The molecule has 2 aromatic rings. The monoisotopic (exact) mass is 256 g/mol. The molecule has 2 heteroatoms. The average Bonchev–Trinajstić information content (AvgIpc) is 3.10. The number of thiophene rings is 1. The Bertz CT molecular complexity index is 484. The van der Waals surface area contributed by atoms with E-state index in [2.05, 4.69) is 53.2 Å². The number of nitrogens with zero attached hydrogens (tertiary/aromatic N) is 1. The Morgan fingerprint density at radius 2 is 1.89 bits per heavy atom. The van der Waals surface area contributed by atoms with Crippen molar-refractivity contribution in [2.24, 2.45) is 0 Å². The Morgan fingerprint density at radius 3 is 2.67 bits per heavy atom. The van der Waals surface area contributed by atoms with Crippen LogP contribution in [-0.2, 0) is 6.42 Å². The molecule has 0 spiro atoms. The van der Waals surface area contributed by atoms with E-state index in [-0.39, 0.29) is 0 Å². The van der Waals surface area contributed by atoms with Crippen molar-refractivity contribution in [1.82, 2.24) is 4.90 Å². The third-order valence-corrected chi connectivity index (χ3v) is 4.42. The van der Waals surface area contributed by atoms with E-state index in [0.717, 1.165) is 6.42 Å².